The molecule has 0 saturated carbocycles. The van der Waals surface area contributed by atoms with E-state index in [1.165, 1.54) is 33.3 Å². The Kier molecular flexibility index (Phi) is 7.98. The van der Waals surface area contributed by atoms with Gasteiger partial charge in [0.1, 0.15) is 7.05 Å². The van der Waals surface area contributed by atoms with E-state index in [9.17, 15) is 10.1 Å². The van der Waals surface area contributed by atoms with Crippen LogP contribution in [0.5, 0.6) is 0 Å². The zero-order valence-corrected chi connectivity index (χ0v) is 27.4. The molecule has 0 bridgehead atoms. The summed E-state index contributed by atoms with van der Waals surface area (Å²) >= 11 is 0. The normalized spacial score (nSPS) is 21.8. The van der Waals surface area contributed by atoms with Crippen molar-refractivity contribution >= 4 is 33.5 Å². The van der Waals surface area contributed by atoms with Gasteiger partial charge in [-0.3, -0.25) is 10.1 Å². The van der Waals surface area contributed by atoms with Gasteiger partial charge in [-0.1, -0.05) is 87.5 Å². The van der Waals surface area contributed by atoms with Gasteiger partial charge in [-0.25, -0.2) is 0 Å². The second-order valence-corrected chi connectivity index (χ2v) is 13.5. The Morgan fingerprint density at radius 3 is 2.40 bits per heavy atom. The summed E-state index contributed by atoms with van der Waals surface area (Å²) in [6.07, 6.45) is 9.62. The minimum absolute atomic E-state index is 0.129. The summed E-state index contributed by atoms with van der Waals surface area (Å²) in [6, 6.07) is 29.1. The first-order valence-electron chi connectivity index (χ1n) is 16.2. The lowest BCUT2D eigenvalue weighted by Gasteiger charge is -2.30. The van der Waals surface area contributed by atoms with Crippen LogP contribution in [0.2, 0.25) is 0 Å². The van der Waals surface area contributed by atoms with E-state index < -0.39 is 5.41 Å². The molecule has 2 heterocycles. The van der Waals surface area contributed by atoms with Gasteiger partial charge in [0, 0.05) is 53.2 Å². The van der Waals surface area contributed by atoms with E-state index >= 15 is 0 Å². The predicted molar refractivity (Wildman–Crippen MR) is 187 cm³/mol. The monoisotopic (exact) mass is 598 g/mol. The molecule has 0 aromatic heterocycles. The van der Waals surface area contributed by atoms with E-state index in [1.807, 2.05) is 12.1 Å². The lowest BCUT2D eigenvalue weighted by atomic mass is 9.74. The lowest BCUT2D eigenvalue weighted by molar-refractivity contribution is -0.402. The molecule has 0 saturated heterocycles. The summed E-state index contributed by atoms with van der Waals surface area (Å²) in [5.41, 5.74) is 7.96. The minimum atomic E-state index is -0.438. The average Bonchev–Trinajstić information content (AvgIpc) is 3.40. The number of non-ortho nitro benzene ring substituents is 1. The number of nitro benzene ring substituents is 1. The van der Waals surface area contributed by atoms with E-state index in [4.69, 9.17) is 0 Å². The van der Waals surface area contributed by atoms with Crippen LogP contribution in [0.15, 0.2) is 109 Å². The first-order valence-corrected chi connectivity index (χ1v) is 16.2. The summed E-state index contributed by atoms with van der Waals surface area (Å²) in [5.74, 6) is 0.600. The Morgan fingerprint density at radius 2 is 1.69 bits per heavy atom. The second-order valence-electron chi connectivity index (χ2n) is 13.5. The summed E-state index contributed by atoms with van der Waals surface area (Å²) in [6.45, 7) is 12.5. The molecule has 0 aliphatic carbocycles. The minimum Gasteiger partial charge on any atom is -0.344 e. The number of fused-ring (bicyclic) bond motifs is 4. The van der Waals surface area contributed by atoms with Crippen LogP contribution in [-0.4, -0.2) is 28.8 Å². The zero-order valence-electron chi connectivity index (χ0n) is 27.4. The fourth-order valence-electron chi connectivity index (χ4n) is 7.61. The number of nitrogens with zero attached hydrogens (tertiary/aromatic N) is 3. The first-order chi connectivity index (χ1) is 21.6. The van der Waals surface area contributed by atoms with Crippen molar-refractivity contribution in [1.82, 2.24) is 0 Å². The molecule has 5 nitrogen and oxygen atoms in total. The fourth-order valence-corrected chi connectivity index (χ4v) is 7.61. The molecule has 2 aliphatic heterocycles. The Labute approximate surface area is 267 Å². The average molecular weight is 599 g/mol. The largest absolute Gasteiger partial charge is 0.344 e. The highest BCUT2D eigenvalue weighted by Gasteiger charge is 2.48. The molecule has 2 unspecified atom stereocenters. The molecule has 4 aromatic rings. The van der Waals surface area contributed by atoms with Crippen LogP contribution in [0.3, 0.4) is 0 Å². The molecule has 6 rings (SSSR count). The third-order valence-corrected chi connectivity index (χ3v) is 10.2. The summed E-state index contributed by atoms with van der Waals surface area (Å²) in [7, 11) is 2.08. The molecule has 230 valence electrons. The molecule has 2 atom stereocenters. The van der Waals surface area contributed by atoms with Gasteiger partial charge in [0.2, 0.25) is 5.69 Å². The number of nitro groups is 1. The Morgan fingerprint density at radius 1 is 0.956 bits per heavy atom. The first kappa shape index (κ1) is 30.5. The number of anilines is 1. The van der Waals surface area contributed by atoms with E-state index in [-0.39, 0.29) is 16.0 Å². The number of benzene rings is 4. The highest BCUT2D eigenvalue weighted by Crippen LogP contribution is 2.53. The summed E-state index contributed by atoms with van der Waals surface area (Å²) in [4.78, 5) is 14.1. The summed E-state index contributed by atoms with van der Waals surface area (Å²) < 4.78 is 2.21. The molecule has 2 aliphatic rings. The van der Waals surface area contributed by atoms with Crippen molar-refractivity contribution in [3.8, 4) is 0 Å². The van der Waals surface area contributed by atoms with Gasteiger partial charge in [-0.2, -0.15) is 4.58 Å². The molecule has 0 fully saturated rings. The van der Waals surface area contributed by atoms with Crippen LogP contribution in [0, 0.1) is 16.0 Å². The maximum absolute atomic E-state index is 11.8. The fraction of sp³-hybridized carbons (Fsp3) is 0.325. The molecule has 5 heteroatoms. The van der Waals surface area contributed by atoms with E-state index in [0.717, 1.165) is 42.8 Å². The van der Waals surface area contributed by atoms with Gasteiger partial charge in [-0.05, 0) is 73.1 Å². The molecular weight excluding hydrogens is 554 g/mol. The number of rotatable bonds is 9. The van der Waals surface area contributed by atoms with Gasteiger partial charge in [0.25, 0.3) is 5.69 Å². The van der Waals surface area contributed by atoms with Crippen molar-refractivity contribution in [2.75, 3.05) is 18.5 Å². The summed E-state index contributed by atoms with van der Waals surface area (Å²) in [5, 5.41) is 14.4. The topological polar surface area (TPSA) is 49.4 Å². The quantitative estimate of drug-likeness (QED) is 0.109. The predicted octanol–water partition coefficient (Wildman–Crippen LogP) is 9.65. The van der Waals surface area contributed by atoms with Crippen LogP contribution in [0.25, 0.3) is 10.8 Å². The molecule has 0 N–H and O–H groups in total. The van der Waals surface area contributed by atoms with Crippen molar-refractivity contribution in [3.05, 3.63) is 136 Å². The van der Waals surface area contributed by atoms with Gasteiger partial charge < -0.3 is 4.90 Å². The van der Waals surface area contributed by atoms with Crippen LogP contribution in [0.1, 0.15) is 64.2 Å². The van der Waals surface area contributed by atoms with Crippen molar-refractivity contribution in [3.63, 3.8) is 0 Å². The van der Waals surface area contributed by atoms with Crippen LogP contribution in [-0.2, 0) is 17.3 Å². The molecule has 0 amide bonds. The maximum atomic E-state index is 11.8. The van der Waals surface area contributed by atoms with Crippen LogP contribution < -0.4 is 4.90 Å². The molecule has 45 heavy (non-hydrogen) atoms. The van der Waals surface area contributed by atoms with Gasteiger partial charge in [0.15, 0.2) is 5.71 Å². The van der Waals surface area contributed by atoms with Crippen molar-refractivity contribution in [1.29, 1.82) is 0 Å². The van der Waals surface area contributed by atoms with Gasteiger partial charge in [-0.15, -0.1) is 0 Å². The van der Waals surface area contributed by atoms with E-state index in [0.29, 0.717) is 5.92 Å². The van der Waals surface area contributed by atoms with Crippen molar-refractivity contribution in [2.45, 2.75) is 64.7 Å². The Bertz CT molecular complexity index is 1870. The van der Waals surface area contributed by atoms with Crippen molar-refractivity contribution < 1.29 is 9.50 Å². The highest BCUT2D eigenvalue weighted by molar-refractivity contribution is 6.04. The zero-order chi connectivity index (χ0) is 31.9. The van der Waals surface area contributed by atoms with Crippen LogP contribution in [0.4, 0.5) is 17.1 Å². The maximum Gasteiger partial charge on any atom is 0.270 e. The van der Waals surface area contributed by atoms with Gasteiger partial charge >= 0.3 is 0 Å². The third-order valence-electron chi connectivity index (χ3n) is 10.2. The molecule has 0 spiro atoms. The van der Waals surface area contributed by atoms with E-state index in [1.54, 1.807) is 12.1 Å². The standard InChI is InChI=1S/C40H44N3O2/c1-7-39(4)37(42(25-24-28(2)3)35-22-20-30-16-11-12-17-32(30)38(35)39)19-13-18-36-40(5,27-29-14-9-8-10-15-29)33-26-31(43(44)45)21-23-34(33)41(36)6/h8-23,26,28H,7,24-25,27H2,1-6H3/q+1. The van der Waals surface area contributed by atoms with Crippen LogP contribution >= 0.6 is 0 Å². The molecule has 4 aromatic carbocycles. The number of allylic oxidation sites excluding steroid dienone is 4. The van der Waals surface area contributed by atoms with E-state index in [2.05, 4.69) is 130 Å². The number of hydrogen-bond acceptors (Lipinski definition) is 3. The Hall–Kier alpha value is -4.51. The molecular formula is C40H44N3O2+. The SMILES string of the molecule is CCC1(C)C(=CC=CC2=[N+](C)c3ccc([N+](=O)[O-])cc3C2(C)Cc2ccccc2)N(CCC(C)C)c2ccc3ccccc3c21. The lowest BCUT2D eigenvalue weighted by Crippen LogP contribution is -2.33. The molecule has 0 radical (unpaired) electrons. The third kappa shape index (κ3) is 5.18. The smallest absolute Gasteiger partial charge is 0.270 e. The number of hydrogen-bond donors (Lipinski definition) is 0. The van der Waals surface area contributed by atoms with Crippen molar-refractivity contribution in [2.24, 2.45) is 5.92 Å². The Balaban J connectivity index is 1.47. The second kappa shape index (κ2) is 11.8. The van der Waals surface area contributed by atoms with Gasteiger partial charge in [0.05, 0.1) is 10.3 Å². The highest BCUT2D eigenvalue weighted by atomic mass is 16.6.